The number of rotatable bonds is 7. The van der Waals surface area contributed by atoms with Crippen molar-refractivity contribution in [1.82, 2.24) is 14.0 Å². The number of carbonyl (C=O) groups is 2. The highest BCUT2D eigenvalue weighted by atomic mass is 16.5. The third-order valence-electron chi connectivity index (χ3n) is 4.09. The van der Waals surface area contributed by atoms with E-state index in [1.165, 1.54) is 30.7 Å². The van der Waals surface area contributed by atoms with Crippen LogP contribution in [0.15, 0.2) is 39.9 Å². The second-order valence-corrected chi connectivity index (χ2v) is 6.15. The lowest BCUT2D eigenvalue weighted by Gasteiger charge is -2.17. The first kappa shape index (κ1) is 20.1. The van der Waals surface area contributed by atoms with Crippen molar-refractivity contribution in [3.05, 3.63) is 62.3 Å². The Kier molecular flexibility index (Phi) is 6.30. The van der Waals surface area contributed by atoms with Crippen LogP contribution in [0.3, 0.4) is 0 Å². The van der Waals surface area contributed by atoms with E-state index in [1.807, 2.05) is 30.3 Å². The third-order valence-corrected chi connectivity index (χ3v) is 4.09. The monoisotopic (exact) mass is 374 g/mol. The van der Waals surface area contributed by atoms with Gasteiger partial charge in [-0.25, -0.2) is 4.79 Å². The molecule has 2 aromatic rings. The minimum Gasteiger partial charge on any atom is -0.468 e. The Morgan fingerprint density at radius 1 is 1.15 bits per heavy atom. The summed E-state index contributed by atoms with van der Waals surface area (Å²) in [4.78, 5) is 50.3. The Hall–Kier alpha value is -3.20. The number of esters is 1. The first-order valence-electron chi connectivity index (χ1n) is 8.18. The molecule has 0 aliphatic rings. The topological polar surface area (TPSA) is 117 Å². The minimum atomic E-state index is -0.765. The number of benzene rings is 1. The number of nitrogens with zero attached hydrogens (tertiary/aromatic N) is 3. The summed E-state index contributed by atoms with van der Waals surface area (Å²) < 4.78 is 6.59. The molecule has 0 radical (unpaired) electrons. The van der Waals surface area contributed by atoms with E-state index in [0.717, 1.165) is 10.1 Å². The van der Waals surface area contributed by atoms with E-state index in [9.17, 15) is 19.2 Å². The fourth-order valence-electron chi connectivity index (χ4n) is 2.63. The molecular formula is C18H22N4O5. The van der Waals surface area contributed by atoms with Gasteiger partial charge in [0.1, 0.15) is 11.4 Å². The van der Waals surface area contributed by atoms with E-state index in [0.29, 0.717) is 0 Å². The first-order chi connectivity index (χ1) is 12.8. The number of methoxy groups -OCH3 is 1. The predicted molar refractivity (Wildman–Crippen MR) is 99.7 cm³/mol. The lowest BCUT2D eigenvalue weighted by Crippen LogP contribution is -2.44. The first-order valence-corrected chi connectivity index (χ1v) is 8.18. The largest absolute Gasteiger partial charge is 0.468 e. The Labute approximate surface area is 155 Å². The van der Waals surface area contributed by atoms with Gasteiger partial charge < -0.3 is 10.5 Å². The van der Waals surface area contributed by atoms with Gasteiger partial charge in [-0.05, 0) is 12.6 Å². The molecule has 1 aromatic heterocycles. The van der Waals surface area contributed by atoms with Gasteiger partial charge in [0.25, 0.3) is 5.56 Å². The number of likely N-dealkylation sites (N-methyl/N-ethyl adjacent to an activating group) is 1. The summed E-state index contributed by atoms with van der Waals surface area (Å²) in [5.74, 6) is -1.29. The fraction of sp³-hybridized carbons (Fsp3) is 0.333. The second kappa shape index (κ2) is 8.45. The molecule has 0 unspecified atom stereocenters. The molecule has 1 heterocycles. The van der Waals surface area contributed by atoms with Crippen LogP contribution in [0.1, 0.15) is 15.9 Å². The molecule has 9 heteroatoms. The molecule has 0 saturated carbocycles. The molecule has 0 atom stereocenters. The van der Waals surface area contributed by atoms with Crippen LogP contribution in [0.5, 0.6) is 0 Å². The fourth-order valence-corrected chi connectivity index (χ4v) is 2.63. The van der Waals surface area contributed by atoms with Gasteiger partial charge in [-0.15, -0.1) is 0 Å². The van der Waals surface area contributed by atoms with Crippen LogP contribution < -0.4 is 17.0 Å². The molecule has 0 aliphatic carbocycles. The van der Waals surface area contributed by atoms with Crippen LogP contribution in [0, 0.1) is 0 Å². The van der Waals surface area contributed by atoms with Crippen molar-refractivity contribution in [3.63, 3.8) is 0 Å². The molecule has 2 N–H and O–H groups in total. The number of hydrogen-bond donors (Lipinski definition) is 1. The Bertz CT molecular complexity index is 962. The molecular weight excluding hydrogens is 352 g/mol. The number of aromatic nitrogens is 2. The number of Topliss-reactive ketones (excluding diaryl/α,β-unsaturated/α-hetero) is 1. The highest BCUT2D eigenvalue weighted by Gasteiger charge is 2.23. The van der Waals surface area contributed by atoms with E-state index in [4.69, 9.17) is 5.73 Å². The summed E-state index contributed by atoms with van der Waals surface area (Å²) in [6, 6.07) is 9.08. The molecule has 0 amide bonds. The average Bonchev–Trinajstić information content (AvgIpc) is 2.64. The van der Waals surface area contributed by atoms with Gasteiger partial charge in [0, 0.05) is 7.05 Å². The number of anilines is 1. The molecule has 9 nitrogen and oxygen atoms in total. The predicted octanol–water partition coefficient (Wildman–Crippen LogP) is -0.535. The summed E-state index contributed by atoms with van der Waals surface area (Å²) in [6.45, 7) is -0.220. The van der Waals surface area contributed by atoms with Crippen LogP contribution in [-0.2, 0) is 23.1 Å². The molecule has 0 spiro atoms. The van der Waals surface area contributed by atoms with Crippen LogP contribution in [-0.4, -0.2) is 53.0 Å². The molecule has 144 valence electrons. The standard InChI is InChI=1S/C18H22N4O5/c1-20(11-14(24)27-3)10-13(23)15-16(19)22(18(26)21(2)17(15)25)9-12-7-5-4-6-8-12/h4-8H,9-11,19H2,1-3H3. The van der Waals surface area contributed by atoms with E-state index in [2.05, 4.69) is 4.74 Å². The molecule has 0 aliphatic heterocycles. The van der Waals surface area contributed by atoms with Crippen molar-refractivity contribution < 1.29 is 14.3 Å². The van der Waals surface area contributed by atoms with Crippen molar-refractivity contribution in [3.8, 4) is 0 Å². The van der Waals surface area contributed by atoms with Gasteiger partial charge in [-0.1, -0.05) is 30.3 Å². The Morgan fingerprint density at radius 2 is 1.78 bits per heavy atom. The van der Waals surface area contributed by atoms with E-state index >= 15 is 0 Å². The van der Waals surface area contributed by atoms with Crippen molar-refractivity contribution >= 4 is 17.6 Å². The molecule has 0 bridgehead atoms. The molecule has 2 rings (SSSR count). The normalized spacial score (nSPS) is 10.8. The van der Waals surface area contributed by atoms with Crippen molar-refractivity contribution in [1.29, 1.82) is 0 Å². The molecule has 0 saturated heterocycles. The van der Waals surface area contributed by atoms with Gasteiger partial charge in [-0.3, -0.25) is 28.4 Å². The van der Waals surface area contributed by atoms with Crippen LogP contribution in [0.4, 0.5) is 5.82 Å². The zero-order chi connectivity index (χ0) is 20.1. The maximum atomic E-state index is 12.6. The van der Waals surface area contributed by atoms with Gasteiger partial charge in [-0.2, -0.15) is 0 Å². The van der Waals surface area contributed by atoms with Crippen LogP contribution in [0.2, 0.25) is 0 Å². The third kappa shape index (κ3) is 4.50. The second-order valence-electron chi connectivity index (χ2n) is 6.15. The molecule has 1 aromatic carbocycles. The van der Waals surface area contributed by atoms with Crippen LogP contribution >= 0.6 is 0 Å². The summed E-state index contributed by atoms with van der Waals surface area (Å²) in [5, 5.41) is 0. The van der Waals surface area contributed by atoms with Crippen molar-refractivity contribution in [2.45, 2.75) is 6.54 Å². The lowest BCUT2D eigenvalue weighted by atomic mass is 10.1. The Morgan fingerprint density at radius 3 is 2.37 bits per heavy atom. The summed E-state index contributed by atoms with van der Waals surface area (Å²) >= 11 is 0. The highest BCUT2D eigenvalue weighted by Crippen LogP contribution is 2.10. The van der Waals surface area contributed by atoms with Crippen molar-refractivity contribution in [2.24, 2.45) is 7.05 Å². The minimum absolute atomic E-state index is 0.119. The zero-order valence-corrected chi connectivity index (χ0v) is 15.5. The van der Waals surface area contributed by atoms with Gasteiger partial charge >= 0.3 is 11.7 Å². The summed E-state index contributed by atoms with van der Waals surface area (Å²) in [6.07, 6.45) is 0. The van der Waals surface area contributed by atoms with Gasteiger partial charge in [0.15, 0.2) is 5.78 Å². The number of nitrogen functional groups attached to an aromatic ring is 1. The van der Waals surface area contributed by atoms with Crippen LogP contribution in [0.25, 0.3) is 0 Å². The maximum Gasteiger partial charge on any atom is 0.332 e. The SMILES string of the molecule is COC(=O)CN(C)CC(=O)c1c(N)n(Cc2ccccc2)c(=O)n(C)c1=O. The summed E-state index contributed by atoms with van der Waals surface area (Å²) in [5.41, 5.74) is 5.17. The van der Waals surface area contributed by atoms with E-state index in [-0.39, 0.29) is 31.0 Å². The van der Waals surface area contributed by atoms with Gasteiger partial charge in [0.05, 0.1) is 26.7 Å². The van der Waals surface area contributed by atoms with E-state index in [1.54, 1.807) is 0 Å². The summed E-state index contributed by atoms with van der Waals surface area (Å²) in [7, 11) is 4.07. The average molecular weight is 374 g/mol. The van der Waals surface area contributed by atoms with Crippen molar-refractivity contribution in [2.75, 3.05) is 33.0 Å². The number of hydrogen-bond acceptors (Lipinski definition) is 7. The number of carbonyl (C=O) groups excluding carboxylic acids is 2. The highest BCUT2D eigenvalue weighted by molar-refractivity contribution is 6.01. The number of nitrogens with two attached hydrogens (primary N) is 1. The number of ketones is 1. The van der Waals surface area contributed by atoms with Gasteiger partial charge in [0.2, 0.25) is 0 Å². The quantitative estimate of drug-likeness (QED) is 0.511. The smallest absolute Gasteiger partial charge is 0.332 e. The molecule has 27 heavy (non-hydrogen) atoms. The zero-order valence-electron chi connectivity index (χ0n) is 15.5. The Balaban J connectivity index is 2.42. The number of ether oxygens (including phenoxy) is 1. The molecule has 0 fully saturated rings. The lowest BCUT2D eigenvalue weighted by molar-refractivity contribution is -0.141. The maximum absolute atomic E-state index is 12.6. The van der Waals surface area contributed by atoms with E-state index < -0.39 is 23.0 Å².